The predicted molar refractivity (Wildman–Crippen MR) is 73.3 cm³/mol. The van der Waals surface area contributed by atoms with Gasteiger partial charge in [0.2, 0.25) is 0 Å². The van der Waals surface area contributed by atoms with Crippen LogP contribution >= 0.6 is 0 Å². The Labute approximate surface area is 113 Å². The molecule has 0 saturated carbocycles. The molecule has 1 saturated heterocycles. The Hall–Kier alpha value is -1.58. The smallest absolute Gasteiger partial charge is 0.317 e. The number of carbonyl (C=O) groups is 1. The van der Waals surface area contributed by atoms with Crippen LogP contribution in [-0.4, -0.2) is 24.0 Å². The number of nitrogens with one attached hydrogen (secondary N) is 1. The third kappa shape index (κ3) is 3.46. The van der Waals surface area contributed by atoms with Crippen LogP contribution in [0.15, 0.2) is 24.3 Å². The van der Waals surface area contributed by atoms with Gasteiger partial charge in [0.25, 0.3) is 0 Å². The Kier molecular flexibility index (Phi) is 4.40. The van der Waals surface area contributed by atoms with E-state index in [1.807, 2.05) is 4.90 Å². The van der Waals surface area contributed by atoms with Gasteiger partial charge in [0, 0.05) is 13.1 Å². The van der Waals surface area contributed by atoms with E-state index >= 15 is 0 Å². The van der Waals surface area contributed by atoms with Gasteiger partial charge in [-0.3, -0.25) is 0 Å². The number of hydrogen-bond acceptors (Lipinski definition) is 1. The molecule has 0 aliphatic carbocycles. The monoisotopic (exact) mass is 264 g/mol. The van der Waals surface area contributed by atoms with Crippen LogP contribution in [0.2, 0.25) is 0 Å². The van der Waals surface area contributed by atoms with Crippen LogP contribution in [0.1, 0.15) is 38.3 Å². The van der Waals surface area contributed by atoms with Crippen molar-refractivity contribution in [2.75, 3.05) is 13.1 Å². The number of likely N-dealkylation sites (tertiary alicyclic amines) is 1. The zero-order valence-electron chi connectivity index (χ0n) is 11.5. The van der Waals surface area contributed by atoms with Gasteiger partial charge in [-0.2, -0.15) is 0 Å². The topological polar surface area (TPSA) is 32.3 Å². The van der Waals surface area contributed by atoms with Crippen molar-refractivity contribution >= 4 is 6.03 Å². The number of rotatable bonds is 3. The quantitative estimate of drug-likeness (QED) is 0.892. The van der Waals surface area contributed by atoms with E-state index in [0.29, 0.717) is 12.5 Å². The molecule has 3 nitrogen and oxygen atoms in total. The Morgan fingerprint density at radius 3 is 2.74 bits per heavy atom. The van der Waals surface area contributed by atoms with Gasteiger partial charge in [0.15, 0.2) is 0 Å². The highest BCUT2D eigenvalue weighted by Gasteiger charge is 2.29. The van der Waals surface area contributed by atoms with Gasteiger partial charge in [-0.15, -0.1) is 0 Å². The number of benzene rings is 1. The van der Waals surface area contributed by atoms with Gasteiger partial charge in [0.05, 0.1) is 6.04 Å². The maximum atomic E-state index is 12.9. The third-order valence-electron chi connectivity index (χ3n) is 3.43. The Bertz CT molecular complexity index is 430. The fourth-order valence-electron chi connectivity index (χ4n) is 2.43. The standard InChI is InChI=1S/C15H21FN2O/c1-11(2)10-17-15(19)18-9-3-4-14(18)12-5-7-13(16)8-6-12/h5-8,11,14H,3-4,9-10H2,1-2H3,(H,17,19)/t14-/m0/s1. The van der Waals surface area contributed by atoms with Crippen molar-refractivity contribution in [3.63, 3.8) is 0 Å². The molecule has 1 N–H and O–H groups in total. The molecule has 2 amide bonds. The van der Waals surface area contributed by atoms with E-state index < -0.39 is 0 Å². The molecule has 1 aromatic rings. The van der Waals surface area contributed by atoms with Gasteiger partial charge in [-0.05, 0) is 36.5 Å². The molecule has 0 unspecified atom stereocenters. The van der Waals surface area contributed by atoms with Gasteiger partial charge >= 0.3 is 6.03 Å². The third-order valence-corrected chi connectivity index (χ3v) is 3.43. The number of carbonyl (C=O) groups excluding carboxylic acids is 1. The van der Waals surface area contributed by atoms with Crippen molar-refractivity contribution in [1.82, 2.24) is 10.2 Å². The van der Waals surface area contributed by atoms with Gasteiger partial charge in [-0.25, -0.2) is 9.18 Å². The highest BCUT2D eigenvalue weighted by molar-refractivity contribution is 5.75. The summed E-state index contributed by atoms with van der Waals surface area (Å²) in [6.45, 7) is 5.60. The van der Waals surface area contributed by atoms with E-state index in [2.05, 4.69) is 19.2 Å². The van der Waals surface area contributed by atoms with E-state index in [0.717, 1.165) is 24.9 Å². The van der Waals surface area contributed by atoms with Crippen molar-refractivity contribution in [3.8, 4) is 0 Å². The molecule has 1 aromatic carbocycles. The first kappa shape index (κ1) is 13.8. The van der Waals surface area contributed by atoms with Crippen LogP contribution in [0, 0.1) is 11.7 Å². The molecular weight excluding hydrogens is 243 g/mol. The average Bonchev–Trinajstić information content (AvgIpc) is 2.86. The minimum absolute atomic E-state index is 0.0134. The SMILES string of the molecule is CC(C)CNC(=O)N1CCC[C@H]1c1ccc(F)cc1. The lowest BCUT2D eigenvalue weighted by Crippen LogP contribution is -2.40. The largest absolute Gasteiger partial charge is 0.338 e. The Morgan fingerprint density at radius 2 is 2.11 bits per heavy atom. The van der Waals surface area contributed by atoms with Crippen LogP contribution in [0.4, 0.5) is 9.18 Å². The molecule has 19 heavy (non-hydrogen) atoms. The molecule has 1 heterocycles. The highest BCUT2D eigenvalue weighted by Crippen LogP contribution is 2.31. The van der Waals surface area contributed by atoms with Crippen molar-refractivity contribution in [2.24, 2.45) is 5.92 Å². The van der Waals surface area contributed by atoms with Crippen molar-refractivity contribution in [3.05, 3.63) is 35.6 Å². The highest BCUT2D eigenvalue weighted by atomic mass is 19.1. The lowest BCUT2D eigenvalue weighted by atomic mass is 10.0. The molecule has 0 spiro atoms. The first-order valence-electron chi connectivity index (χ1n) is 6.88. The molecule has 1 fully saturated rings. The number of amides is 2. The molecule has 4 heteroatoms. The first-order valence-corrected chi connectivity index (χ1v) is 6.88. The number of hydrogen-bond donors (Lipinski definition) is 1. The predicted octanol–water partition coefficient (Wildman–Crippen LogP) is 3.33. The molecule has 1 aliphatic heterocycles. The molecule has 1 atom stereocenters. The lowest BCUT2D eigenvalue weighted by Gasteiger charge is -2.25. The molecule has 104 valence electrons. The van der Waals surface area contributed by atoms with E-state index in [9.17, 15) is 9.18 Å². The first-order chi connectivity index (χ1) is 9.08. The van der Waals surface area contributed by atoms with Gasteiger partial charge in [-0.1, -0.05) is 26.0 Å². The molecule has 2 rings (SSSR count). The average molecular weight is 264 g/mol. The maximum absolute atomic E-state index is 12.9. The van der Waals surface area contributed by atoms with Crippen LogP contribution in [-0.2, 0) is 0 Å². The van der Waals surface area contributed by atoms with Gasteiger partial charge < -0.3 is 10.2 Å². The summed E-state index contributed by atoms with van der Waals surface area (Å²) in [5, 5.41) is 2.95. The summed E-state index contributed by atoms with van der Waals surface area (Å²) in [4.78, 5) is 14.0. The zero-order chi connectivity index (χ0) is 13.8. The second kappa shape index (κ2) is 6.04. The van der Waals surface area contributed by atoms with E-state index in [1.54, 1.807) is 12.1 Å². The van der Waals surface area contributed by atoms with Gasteiger partial charge in [0.1, 0.15) is 5.82 Å². The van der Waals surface area contributed by atoms with E-state index in [4.69, 9.17) is 0 Å². The Balaban J connectivity index is 2.04. The molecular formula is C15H21FN2O. The summed E-state index contributed by atoms with van der Waals surface area (Å²) >= 11 is 0. The van der Waals surface area contributed by atoms with Crippen molar-refractivity contribution < 1.29 is 9.18 Å². The molecule has 0 bridgehead atoms. The second-order valence-corrected chi connectivity index (χ2v) is 5.48. The summed E-state index contributed by atoms with van der Waals surface area (Å²) in [7, 11) is 0. The summed E-state index contributed by atoms with van der Waals surface area (Å²) in [6, 6.07) is 6.52. The van der Waals surface area contributed by atoms with Crippen molar-refractivity contribution in [1.29, 1.82) is 0 Å². The zero-order valence-corrected chi connectivity index (χ0v) is 11.5. The summed E-state index contributed by atoms with van der Waals surface area (Å²) < 4.78 is 12.9. The minimum atomic E-state index is -0.238. The normalized spacial score (nSPS) is 18.9. The molecule has 1 aliphatic rings. The van der Waals surface area contributed by atoms with Crippen LogP contribution < -0.4 is 5.32 Å². The summed E-state index contributed by atoms with van der Waals surface area (Å²) in [6.07, 6.45) is 1.94. The van der Waals surface area contributed by atoms with Crippen LogP contribution in [0.3, 0.4) is 0 Å². The number of nitrogens with zero attached hydrogens (tertiary/aromatic N) is 1. The fourth-order valence-corrected chi connectivity index (χ4v) is 2.43. The molecule has 0 radical (unpaired) electrons. The number of halogens is 1. The van der Waals surface area contributed by atoms with Crippen LogP contribution in [0.5, 0.6) is 0 Å². The second-order valence-electron chi connectivity index (χ2n) is 5.48. The summed E-state index contributed by atoms with van der Waals surface area (Å²) in [5.41, 5.74) is 1.01. The minimum Gasteiger partial charge on any atom is -0.338 e. The van der Waals surface area contributed by atoms with Crippen molar-refractivity contribution in [2.45, 2.75) is 32.7 Å². The van der Waals surface area contributed by atoms with E-state index in [1.165, 1.54) is 12.1 Å². The Morgan fingerprint density at radius 1 is 1.42 bits per heavy atom. The lowest BCUT2D eigenvalue weighted by molar-refractivity contribution is 0.191. The summed E-state index contributed by atoms with van der Waals surface area (Å²) in [5.74, 6) is 0.202. The fraction of sp³-hybridized carbons (Fsp3) is 0.533. The maximum Gasteiger partial charge on any atom is 0.317 e. The number of urea groups is 1. The van der Waals surface area contributed by atoms with Crippen LogP contribution in [0.25, 0.3) is 0 Å². The molecule has 0 aromatic heterocycles. The van der Waals surface area contributed by atoms with E-state index in [-0.39, 0.29) is 17.9 Å².